The van der Waals surface area contributed by atoms with Crippen LogP contribution in [0.1, 0.15) is 0 Å². The number of fused-ring (bicyclic) bond motifs is 2. The molecule has 0 N–H and O–H groups in total. The standard InChI is InChI=1S/C17H19ClN2S.ClH/c1-19(2)13(11-18)12-20-14-7-3-5-9-16(14)21-17-10-6-4-8-15(17)20;/h3-10,13H,11-12H2,1-2H3;1H. The summed E-state index contributed by atoms with van der Waals surface area (Å²) in [5.74, 6) is 0.626. The minimum atomic E-state index is 0. The third kappa shape index (κ3) is 3.38. The fraction of sp³-hybridized carbons (Fsp3) is 0.294. The molecule has 2 nitrogen and oxygen atoms in total. The Labute approximate surface area is 147 Å². The molecule has 22 heavy (non-hydrogen) atoms. The molecule has 2 aromatic rings. The molecule has 5 heteroatoms. The van der Waals surface area contributed by atoms with Gasteiger partial charge in [-0.2, -0.15) is 0 Å². The third-order valence-corrected chi connectivity index (χ3v) is 5.32. The second kappa shape index (κ2) is 7.60. The Morgan fingerprint density at radius 1 is 1.00 bits per heavy atom. The molecule has 0 fully saturated rings. The van der Waals surface area contributed by atoms with E-state index in [2.05, 4.69) is 72.4 Å². The Morgan fingerprint density at radius 2 is 1.50 bits per heavy atom. The number of hydrogen-bond donors (Lipinski definition) is 0. The van der Waals surface area contributed by atoms with Gasteiger partial charge in [-0.3, -0.25) is 0 Å². The van der Waals surface area contributed by atoms with Crippen LogP contribution in [0.2, 0.25) is 0 Å². The second-order valence-electron chi connectivity index (χ2n) is 5.42. The molecule has 3 rings (SSSR count). The molecular formula is C17H20Cl2N2S. The van der Waals surface area contributed by atoms with Crippen molar-refractivity contribution in [1.82, 2.24) is 4.90 Å². The van der Waals surface area contributed by atoms with Gasteiger partial charge in [0.1, 0.15) is 0 Å². The highest BCUT2D eigenvalue weighted by atomic mass is 35.5. The lowest BCUT2D eigenvalue weighted by Crippen LogP contribution is -2.40. The van der Waals surface area contributed by atoms with Crippen LogP contribution in [-0.4, -0.2) is 37.5 Å². The summed E-state index contributed by atoms with van der Waals surface area (Å²) in [7, 11) is 4.17. The summed E-state index contributed by atoms with van der Waals surface area (Å²) in [5, 5.41) is 0. The summed E-state index contributed by atoms with van der Waals surface area (Å²) in [6.07, 6.45) is 0. The number of alkyl halides is 1. The topological polar surface area (TPSA) is 6.48 Å². The molecule has 0 saturated heterocycles. The minimum Gasteiger partial charge on any atom is -0.338 e. The maximum absolute atomic E-state index is 6.16. The lowest BCUT2D eigenvalue weighted by atomic mass is 10.2. The molecule has 0 bridgehead atoms. The van der Waals surface area contributed by atoms with Crippen LogP contribution in [0, 0.1) is 0 Å². The number of nitrogens with zero attached hydrogens (tertiary/aromatic N) is 2. The highest BCUT2D eigenvalue weighted by Crippen LogP contribution is 2.47. The molecule has 118 valence electrons. The first-order valence-corrected chi connectivity index (χ1v) is 8.41. The van der Waals surface area contributed by atoms with E-state index in [-0.39, 0.29) is 12.4 Å². The number of likely N-dealkylation sites (N-methyl/N-ethyl adjacent to an activating group) is 1. The molecule has 1 heterocycles. The van der Waals surface area contributed by atoms with Crippen molar-refractivity contribution in [2.75, 3.05) is 31.4 Å². The van der Waals surface area contributed by atoms with Gasteiger partial charge in [0.15, 0.2) is 0 Å². The molecule has 0 saturated carbocycles. The van der Waals surface area contributed by atoms with Gasteiger partial charge in [-0.05, 0) is 38.4 Å². The molecule has 0 spiro atoms. The van der Waals surface area contributed by atoms with Crippen molar-refractivity contribution in [1.29, 1.82) is 0 Å². The van der Waals surface area contributed by atoms with Gasteiger partial charge in [-0.1, -0.05) is 36.0 Å². The van der Waals surface area contributed by atoms with Gasteiger partial charge in [-0.15, -0.1) is 24.0 Å². The highest BCUT2D eigenvalue weighted by molar-refractivity contribution is 7.99. The number of benzene rings is 2. The van der Waals surface area contributed by atoms with Gasteiger partial charge in [0.2, 0.25) is 0 Å². The average molecular weight is 355 g/mol. The molecule has 1 aliphatic heterocycles. The summed E-state index contributed by atoms with van der Waals surface area (Å²) < 4.78 is 0. The largest absolute Gasteiger partial charge is 0.338 e. The Hall–Kier alpha value is -0.870. The number of halogens is 2. The first-order valence-electron chi connectivity index (χ1n) is 7.06. The van der Waals surface area contributed by atoms with E-state index in [1.807, 2.05) is 11.8 Å². The van der Waals surface area contributed by atoms with E-state index in [0.29, 0.717) is 11.9 Å². The lowest BCUT2D eigenvalue weighted by molar-refractivity contribution is 0.322. The Kier molecular flexibility index (Phi) is 6.04. The summed E-state index contributed by atoms with van der Waals surface area (Å²) in [6, 6.07) is 17.5. The Morgan fingerprint density at radius 3 is 1.95 bits per heavy atom. The van der Waals surface area contributed by atoms with Gasteiger partial charge in [-0.25, -0.2) is 0 Å². The Bertz CT molecular complexity index is 588. The first kappa shape index (κ1) is 17.5. The van der Waals surface area contributed by atoms with Crippen LogP contribution < -0.4 is 4.90 Å². The zero-order valence-electron chi connectivity index (χ0n) is 12.7. The monoisotopic (exact) mass is 354 g/mol. The lowest BCUT2D eigenvalue weighted by Gasteiger charge is -2.36. The van der Waals surface area contributed by atoms with E-state index in [4.69, 9.17) is 11.6 Å². The van der Waals surface area contributed by atoms with E-state index >= 15 is 0 Å². The quantitative estimate of drug-likeness (QED) is 0.722. The molecule has 2 aromatic carbocycles. The third-order valence-electron chi connectivity index (χ3n) is 3.83. The van der Waals surface area contributed by atoms with E-state index in [1.54, 1.807) is 0 Å². The SMILES string of the molecule is CN(C)C(CCl)CN1c2ccccc2Sc2ccccc21.Cl. The van der Waals surface area contributed by atoms with Gasteiger partial charge >= 0.3 is 0 Å². The van der Waals surface area contributed by atoms with Gasteiger partial charge in [0.05, 0.1) is 11.4 Å². The zero-order chi connectivity index (χ0) is 14.8. The zero-order valence-corrected chi connectivity index (χ0v) is 15.1. The summed E-state index contributed by atoms with van der Waals surface area (Å²) in [4.78, 5) is 7.21. The van der Waals surface area contributed by atoms with Gasteiger partial charge in [0.25, 0.3) is 0 Å². The maximum Gasteiger partial charge on any atom is 0.0553 e. The van der Waals surface area contributed by atoms with Crippen LogP contribution in [0.25, 0.3) is 0 Å². The van der Waals surface area contributed by atoms with Crippen LogP contribution in [-0.2, 0) is 0 Å². The van der Waals surface area contributed by atoms with Crippen molar-refractivity contribution < 1.29 is 0 Å². The summed E-state index contributed by atoms with van der Waals surface area (Å²) in [5.41, 5.74) is 2.55. The molecule has 1 unspecified atom stereocenters. The van der Waals surface area contributed by atoms with E-state index in [0.717, 1.165) is 6.54 Å². The van der Waals surface area contributed by atoms with Crippen molar-refractivity contribution in [3.63, 3.8) is 0 Å². The molecule has 0 aromatic heterocycles. The van der Waals surface area contributed by atoms with E-state index < -0.39 is 0 Å². The van der Waals surface area contributed by atoms with Crippen LogP contribution in [0.5, 0.6) is 0 Å². The molecule has 1 atom stereocenters. The summed E-state index contributed by atoms with van der Waals surface area (Å²) >= 11 is 8.00. The fourth-order valence-electron chi connectivity index (χ4n) is 2.54. The number of rotatable bonds is 4. The number of para-hydroxylation sites is 2. The average Bonchev–Trinajstić information content (AvgIpc) is 2.51. The predicted molar refractivity (Wildman–Crippen MR) is 99.5 cm³/mol. The number of hydrogen-bond acceptors (Lipinski definition) is 3. The van der Waals surface area contributed by atoms with Crippen molar-refractivity contribution in [3.8, 4) is 0 Å². The van der Waals surface area contributed by atoms with Crippen molar-refractivity contribution in [3.05, 3.63) is 48.5 Å². The molecule has 0 aliphatic carbocycles. The molecular weight excluding hydrogens is 335 g/mol. The smallest absolute Gasteiger partial charge is 0.0553 e. The highest BCUT2D eigenvalue weighted by Gasteiger charge is 2.25. The van der Waals surface area contributed by atoms with E-state index in [1.165, 1.54) is 21.2 Å². The van der Waals surface area contributed by atoms with Crippen molar-refractivity contribution in [2.24, 2.45) is 0 Å². The molecule has 0 radical (unpaired) electrons. The maximum atomic E-state index is 6.16. The fourth-order valence-corrected chi connectivity index (χ4v) is 4.01. The molecule has 0 amide bonds. The normalized spacial score (nSPS) is 14.1. The van der Waals surface area contributed by atoms with Crippen LogP contribution in [0.4, 0.5) is 11.4 Å². The van der Waals surface area contributed by atoms with Gasteiger partial charge < -0.3 is 9.80 Å². The van der Waals surface area contributed by atoms with Crippen molar-refractivity contribution >= 4 is 47.1 Å². The second-order valence-corrected chi connectivity index (χ2v) is 6.81. The van der Waals surface area contributed by atoms with Crippen LogP contribution in [0.3, 0.4) is 0 Å². The number of anilines is 2. The predicted octanol–water partition coefficient (Wildman–Crippen LogP) is 4.88. The van der Waals surface area contributed by atoms with E-state index in [9.17, 15) is 0 Å². The summed E-state index contributed by atoms with van der Waals surface area (Å²) in [6.45, 7) is 0.894. The van der Waals surface area contributed by atoms with Gasteiger partial charge in [0, 0.05) is 28.3 Å². The van der Waals surface area contributed by atoms with Crippen LogP contribution in [0.15, 0.2) is 58.3 Å². The van der Waals surface area contributed by atoms with Crippen LogP contribution >= 0.6 is 35.8 Å². The molecule has 1 aliphatic rings. The Balaban J connectivity index is 0.00000176. The van der Waals surface area contributed by atoms with Crippen molar-refractivity contribution in [2.45, 2.75) is 15.8 Å². The first-order chi connectivity index (χ1) is 10.2. The minimum absolute atomic E-state index is 0.